The summed E-state index contributed by atoms with van der Waals surface area (Å²) in [6.45, 7) is 6.27. The molecule has 5 nitrogen and oxygen atoms in total. The minimum Gasteiger partial charge on any atom is -0.491 e. The van der Waals surface area contributed by atoms with Crippen LogP contribution in [0.4, 0.5) is 0 Å². The van der Waals surface area contributed by atoms with Crippen molar-refractivity contribution in [1.29, 1.82) is 0 Å². The Bertz CT molecular complexity index is 498. The number of hydrogen-bond donors (Lipinski definition) is 1. The fourth-order valence-electron chi connectivity index (χ4n) is 1.93. The molecule has 0 amide bonds. The fraction of sp³-hybridized carbons (Fsp3) is 0.571. The van der Waals surface area contributed by atoms with Gasteiger partial charge in [-0.15, -0.1) is 0 Å². The summed E-state index contributed by atoms with van der Waals surface area (Å²) in [6.07, 6.45) is 0.769. The van der Waals surface area contributed by atoms with Crippen molar-refractivity contribution in [2.24, 2.45) is 0 Å². The Morgan fingerprint density at radius 3 is 2.30 bits per heavy atom. The molecule has 0 radical (unpaired) electrons. The number of aliphatic hydroxyl groups excluding tert-OH is 1. The molecule has 0 fully saturated rings. The third-order valence-corrected chi connectivity index (χ3v) is 5.29. The zero-order chi connectivity index (χ0) is 15.2. The Labute approximate surface area is 121 Å². The maximum absolute atomic E-state index is 12.5. The van der Waals surface area contributed by atoms with Gasteiger partial charge in [-0.2, -0.15) is 4.31 Å². The standard InChI is InChI=1S/C14H23NO4S/c1-4-12(3)15(5-2)20(17,18)14-8-6-13(7-9-14)19-11-10-16/h6-9,12,16H,4-5,10-11H2,1-3H3. The summed E-state index contributed by atoms with van der Waals surface area (Å²) < 4.78 is 31.8. The molecule has 0 aliphatic carbocycles. The van der Waals surface area contributed by atoms with Crippen LogP contribution in [0.25, 0.3) is 0 Å². The van der Waals surface area contributed by atoms with E-state index in [1.165, 1.54) is 16.4 Å². The Balaban J connectivity index is 2.97. The molecule has 1 aromatic carbocycles. The smallest absolute Gasteiger partial charge is 0.243 e. The van der Waals surface area contributed by atoms with Crippen molar-refractivity contribution in [3.05, 3.63) is 24.3 Å². The van der Waals surface area contributed by atoms with E-state index < -0.39 is 10.0 Å². The number of rotatable bonds is 8. The zero-order valence-corrected chi connectivity index (χ0v) is 13.1. The second-order valence-electron chi connectivity index (χ2n) is 4.51. The highest BCUT2D eigenvalue weighted by atomic mass is 32.2. The average molecular weight is 301 g/mol. The Hall–Kier alpha value is -1.11. The van der Waals surface area contributed by atoms with E-state index >= 15 is 0 Å². The van der Waals surface area contributed by atoms with Gasteiger partial charge in [0.05, 0.1) is 11.5 Å². The van der Waals surface area contributed by atoms with E-state index in [0.29, 0.717) is 12.3 Å². The van der Waals surface area contributed by atoms with Gasteiger partial charge in [0.15, 0.2) is 0 Å². The molecule has 1 aromatic rings. The lowest BCUT2D eigenvalue weighted by Crippen LogP contribution is -2.38. The van der Waals surface area contributed by atoms with Crippen molar-refractivity contribution in [3.63, 3.8) is 0 Å². The van der Waals surface area contributed by atoms with Gasteiger partial charge in [0.1, 0.15) is 12.4 Å². The molecule has 1 atom stereocenters. The van der Waals surface area contributed by atoms with Crippen molar-refractivity contribution in [2.75, 3.05) is 19.8 Å². The molecule has 0 heterocycles. The minimum atomic E-state index is -3.47. The molecule has 0 bridgehead atoms. The molecule has 1 unspecified atom stereocenters. The molecule has 0 aromatic heterocycles. The number of hydrogen-bond acceptors (Lipinski definition) is 4. The van der Waals surface area contributed by atoms with Gasteiger partial charge in [0.2, 0.25) is 10.0 Å². The Kier molecular flexibility index (Phi) is 6.45. The Morgan fingerprint density at radius 2 is 1.85 bits per heavy atom. The second-order valence-corrected chi connectivity index (χ2v) is 6.40. The summed E-state index contributed by atoms with van der Waals surface area (Å²) in [4.78, 5) is 0.260. The van der Waals surface area contributed by atoms with E-state index in [4.69, 9.17) is 9.84 Å². The molecule has 1 N–H and O–H groups in total. The third kappa shape index (κ3) is 3.94. The van der Waals surface area contributed by atoms with Crippen LogP contribution in [0, 0.1) is 0 Å². The second kappa shape index (κ2) is 7.61. The van der Waals surface area contributed by atoms with Gasteiger partial charge >= 0.3 is 0 Å². The number of sulfonamides is 1. The van der Waals surface area contributed by atoms with Crippen LogP contribution in [-0.2, 0) is 10.0 Å². The van der Waals surface area contributed by atoms with Crippen LogP contribution in [0.5, 0.6) is 5.75 Å². The molecule has 0 saturated carbocycles. The van der Waals surface area contributed by atoms with Crippen LogP contribution in [-0.4, -0.2) is 43.6 Å². The highest BCUT2D eigenvalue weighted by molar-refractivity contribution is 7.89. The van der Waals surface area contributed by atoms with E-state index in [9.17, 15) is 8.42 Å². The fourth-order valence-corrected chi connectivity index (χ4v) is 3.64. The van der Waals surface area contributed by atoms with Gasteiger partial charge in [0, 0.05) is 12.6 Å². The summed E-state index contributed by atoms with van der Waals surface area (Å²) in [7, 11) is -3.47. The molecule has 114 valence electrons. The average Bonchev–Trinajstić information content (AvgIpc) is 2.45. The SMILES string of the molecule is CCC(C)N(CC)S(=O)(=O)c1ccc(OCCO)cc1. The van der Waals surface area contributed by atoms with Crippen molar-refractivity contribution >= 4 is 10.0 Å². The molecule has 6 heteroatoms. The summed E-state index contributed by atoms with van der Waals surface area (Å²) in [6, 6.07) is 6.25. The first-order valence-electron chi connectivity index (χ1n) is 6.82. The van der Waals surface area contributed by atoms with Gasteiger partial charge in [-0.3, -0.25) is 0 Å². The maximum Gasteiger partial charge on any atom is 0.243 e. The molecule has 0 aliphatic rings. The first-order valence-corrected chi connectivity index (χ1v) is 8.26. The predicted octanol–water partition coefficient (Wildman–Crippen LogP) is 1.87. The molecular weight excluding hydrogens is 278 g/mol. The summed E-state index contributed by atoms with van der Waals surface area (Å²) in [5.41, 5.74) is 0. The van der Waals surface area contributed by atoms with Gasteiger partial charge in [-0.25, -0.2) is 8.42 Å². The van der Waals surface area contributed by atoms with Crippen LogP contribution in [0.1, 0.15) is 27.2 Å². The number of benzene rings is 1. The largest absolute Gasteiger partial charge is 0.491 e. The van der Waals surface area contributed by atoms with Crippen molar-refractivity contribution < 1.29 is 18.3 Å². The van der Waals surface area contributed by atoms with Crippen LogP contribution in [0.15, 0.2) is 29.2 Å². The van der Waals surface area contributed by atoms with Gasteiger partial charge < -0.3 is 9.84 Å². The predicted molar refractivity (Wildman–Crippen MR) is 78.3 cm³/mol. The van der Waals surface area contributed by atoms with Crippen molar-refractivity contribution in [1.82, 2.24) is 4.31 Å². The lowest BCUT2D eigenvalue weighted by molar-refractivity contribution is 0.201. The summed E-state index contributed by atoms with van der Waals surface area (Å²) in [5, 5.41) is 8.68. The quantitative estimate of drug-likeness (QED) is 0.796. The number of ether oxygens (including phenoxy) is 1. The van der Waals surface area contributed by atoms with Gasteiger partial charge in [-0.05, 0) is 37.6 Å². The van der Waals surface area contributed by atoms with E-state index in [-0.39, 0.29) is 24.2 Å². The van der Waals surface area contributed by atoms with Crippen molar-refractivity contribution in [2.45, 2.75) is 38.1 Å². The van der Waals surface area contributed by atoms with Crippen LogP contribution < -0.4 is 4.74 Å². The first-order chi connectivity index (χ1) is 9.47. The van der Waals surface area contributed by atoms with Crippen molar-refractivity contribution in [3.8, 4) is 5.75 Å². The van der Waals surface area contributed by atoms with Gasteiger partial charge in [0.25, 0.3) is 0 Å². The molecule has 0 aliphatic heterocycles. The zero-order valence-electron chi connectivity index (χ0n) is 12.2. The van der Waals surface area contributed by atoms with E-state index in [2.05, 4.69) is 0 Å². The molecular formula is C14H23NO4S. The first kappa shape index (κ1) is 16.9. The molecule has 20 heavy (non-hydrogen) atoms. The van der Waals surface area contributed by atoms with Crippen LogP contribution >= 0.6 is 0 Å². The normalized spacial score (nSPS) is 13.4. The van der Waals surface area contributed by atoms with Crippen LogP contribution in [0.3, 0.4) is 0 Å². The third-order valence-electron chi connectivity index (χ3n) is 3.18. The maximum atomic E-state index is 12.5. The number of nitrogens with zero attached hydrogens (tertiary/aromatic N) is 1. The summed E-state index contributed by atoms with van der Waals surface area (Å²) in [5.74, 6) is 0.546. The molecule has 0 spiro atoms. The minimum absolute atomic E-state index is 0.0321. The van der Waals surface area contributed by atoms with Crippen LogP contribution in [0.2, 0.25) is 0 Å². The molecule has 0 saturated heterocycles. The van der Waals surface area contributed by atoms with E-state index in [1.807, 2.05) is 20.8 Å². The Morgan fingerprint density at radius 1 is 1.25 bits per heavy atom. The lowest BCUT2D eigenvalue weighted by Gasteiger charge is -2.26. The van der Waals surface area contributed by atoms with E-state index in [1.54, 1.807) is 12.1 Å². The topological polar surface area (TPSA) is 66.8 Å². The highest BCUT2D eigenvalue weighted by Gasteiger charge is 2.26. The molecule has 1 rings (SSSR count). The lowest BCUT2D eigenvalue weighted by atomic mass is 10.3. The van der Waals surface area contributed by atoms with Gasteiger partial charge in [-0.1, -0.05) is 13.8 Å². The number of aliphatic hydroxyl groups is 1. The highest BCUT2D eigenvalue weighted by Crippen LogP contribution is 2.22. The van der Waals surface area contributed by atoms with E-state index in [0.717, 1.165) is 6.42 Å². The summed E-state index contributed by atoms with van der Waals surface area (Å²) >= 11 is 0. The monoisotopic (exact) mass is 301 g/mol.